The highest BCUT2D eigenvalue weighted by Gasteiger charge is 2.17. The van der Waals surface area contributed by atoms with Gasteiger partial charge in [0.1, 0.15) is 11.6 Å². The molecule has 0 radical (unpaired) electrons. The molecular weight excluding hydrogens is 386 g/mol. The van der Waals surface area contributed by atoms with Gasteiger partial charge in [0.25, 0.3) is 0 Å². The molecule has 0 bridgehead atoms. The highest BCUT2D eigenvalue weighted by molar-refractivity contribution is 5.78. The molecule has 1 amide bonds. The van der Waals surface area contributed by atoms with Gasteiger partial charge in [-0.3, -0.25) is 4.79 Å². The van der Waals surface area contributed by atoms with Crippen molar-refractivity contribution in [3.8, 4) is 5.75 Å². The maximum atomic E-state index is 12.1. The minimum Gasteiger partial charge on any atom is -0.494 e. The second-order valence-corrected chi connectivity index (χ2v) is 8.43. The predicted octanol–water partition coefficient (Wildman–Crippen LogP) is 6.00. The van der Waals surface area contributed by atoms with Crippen molar-refractivity contribution in [1.82, 2.24) is 14.9 Å². The van der Waals surface area contributed by atoms with Crippen LogP contribution < -0.4 is 10.1 Å². The number of para-hydroxylation sites is 2. The van der Waals surface area contributed by atoms with Crippen LogP contribution in [0.4, 0.5) is 0 Å². The van der Waals surface area contributed by atoms with Crippen molar-refractivity contribution in [1.29, 1.82) is 0 Å². The van der Waals surface area contributed by atoms with Crippen LogP contribution in [-0.2, 0) is 11.3 Å². The van der Waals surface area contributed by atoms with Crippen LogP contribution in [0.5, 0.6) is 5.75 Å². The van der Waals surface area contributed by atoms with Gasteiger partial charge in [-0.1, -0.05) is 45.0 Å². The molecule has 166 valence electrons. The van der Waals surface area contributed by atoms with Gasteiger partial charge in [0.15, 0.2) is 0 Å². The third kappa shape index (κ3) is 6.09. The molecule has 0 aliphatic carbocycles. The zero-order valence-electron chi connectivity index (χ0n) is 19.2. The fraction of sp³-hybridized carbons (Fsp3) is 0.462. The molecular formula is C26H35N3O2. The second-order valence-electron chi connectivity index (χ2n) is 8.43. The Balaban J connectivity index is 1.59. The van der Waals surface area contributed by atoms with Crippen molar-refractivity contribution in [2.75, 3.05) is 6.61 Å². The van der Waals surface area contributed by atoms with Crippen LogP contribution in [0, 0.1) is 0 Å². The summed E-state index contributed by atoms with van der Waals surface area (Å²) in [6, 6.07) is 16.4. The summed E-state index contributed by atoms with van der Waals surface area (Å²) in [7, 11) is 0. The summed E-state index contributed by atoms with van der Waals surface area (Å²) in [5.41, 5.74) is 3.40. The summed E-state index contributed by atoms with van der Waals surface area (Å²) in [6.07, 6.45) is 3.32. The van der Waals surface area contributed by atoms with Gasteiger partial charge < -0.3 is 14.6 Å². The zero-order chi connectivity index (χ0) is 22.2. The fourth-order valence-corrected chi connectivity index (χ4v) is 3.78. The first kappa shape index (κ1) is 22.9. The number of aromatic nitrogens is 2. The number of nitrogens with one attached hydrogen (secondary N) is 1. The quantitative estimate of drug-likeness (QED) is 0.387. The van der Waals surface area contributed by atoms with E-state index in [9.17, 15) is 4.79 Å². The van der Waals surface area contributed by atoms with E-state index in [-0.39, 0.29) is 11.9 Å². The predicted molar refractivity (Wildman–Crippen MR) is 126 cm³/mol. The normalized spacial score (nSPS) is 12.3. The van der Waals surface area contributed by atoms with Crippen molar-refractivity contribution in [3.05, 3.63) is 59.9 Å². The van der Waals surface area contributed by atoms with Gasteiger partial charge in [0, 0.05) is 13.0 Å². The number of rotatable bonds is 11. The van der Waals surface area contributed by atoms with E-state index in [1.165, 1.54) is 5.56 Å². The van der Waals surface area contributed by atoms with Crippen molar-refractivity contribution < 1.29 is 9.53 Å². The standard InChI is InChI=1S/C26H35N3O2/c1-5-10-25(30)27-20(4)26-28-23-11-6-7-12-24(23)29(26)17-8-9-18-31-22-15-13-21(14-16-22)19(2)3/h6-7,11-16,19-20H,5,8-10,17-18H2,1-4H3,(H,27,30). The smallest absolute Gasteiger partial charge is 0.220 e. The van der Waals surface area contributed by atoms with E-state index in [0.717, 1.165) is 48.4 Å². The largest absolute Gasteiger partial charge is 0.494 e. The molecule has 31 heavy (non-hydrogen) atoms. The number of imidazole rings is 1. The number of nitrogens with zero attached hydrogens (tertiary/aromatic N) is 2. The minimum absolute atomic E-state index is 0.0745. The van der Waals surface area contributed by atoms with E-state index < -0.39 is 0 Å². The Kier molecular flexibility index (Phi) is 8.10. The monoisotopic (exact) mass is 421 g/mol. The van der Waals surface area contributed by atoms with Gasteiger partial charge in [-0.15, -0.1) is 0 Å². The molecule has 1 atom stereocenters. The van der Waals surface area contributed by atoms with Gasteiger partial charge in [-0.05, 0) is 61.9 Å². The number of hydrogen-bond donors (Lipinski definition) is 1. The summed E-state index contributed by atoms with van der Waals surface area (Å²) in [4.78, 5) is 16.9. The van der Waals surface area contributed by atoms with Gasteiger partial charge >= 0.3 is 0 Å². The molecule has 3 rings (SSSR count). The van der Waals surface area contributed by atoms with Crippen molar-refractivity contribution >= 4 is 16.9 Å². The summed E-state index contributed by atoms with van der Waals surface area (Å²) in [5, 5.41) is 3.09. The third-order valence-electron chi connectivity index (χ3n) is 5.52. The number of carbonyl (C=O) groups excluding carboxylic acids is 1. The maximum Gasteiger partial charge on any atom is 0.220 e. The minimum atomic E-state index is -0.123. The van der Waals surface area contributed by atoms with Gasteiger partial charge in [0.05, 0.1) is 23.7 Å². The van der Waals surface area contributed by atoms with Crippen molar-refractivity contribution in [2.24, 2.45) is 0 Å². The Morgan fingerprint density at radius 2 is 1.81 bits per heavy atom. The van der Waals surface area contributed by atoms with E-state index in [1.807, 2.05) is 32.0 Å². The number of unbranched alkanes of at least 4 members (excludes halogenated alkanes) is 1. The van der Waals surface area contributed by atoms with Crippen LogP contribution in [-0.4, -0.2) is 22.1 Å². The Morgan fingerprint density at radius 3 is 2.52 bits per heavy atom. The lowest BCUT2D eigenvalue weighted by Crippen LogP contribution is -2.28. The average Bonchev–Trinajstić information content (AvgIpc) is 3.13. The van der Waals surface area contributed by atoms with Crippen molar-refractivity contribution in [2.45, 2.75) is 71.9 Å². The molecule has 5 heteroatoms. The number of benzene rings is 2. The summed E-state index contributed by atoms with van der Waals surface area (Å²) < 4.78 is 8.16. The third-order valence-corrected chi connectivity index (χ3v) is 5.52. The molecule has 0 fully saturated rings. The van der Waals surface area contributed by atoms with E-state index in [0.29, 0.717) is 18.9 Å². The first-order valence-corrected chi connectivity index (χ1v) is 11.5. The van der Waals surface area contributed by atoms with E-state index in [2.05, 4.69) is 54.1 Å². The SMILES string of the molecule is CCCC(=O)NC(C)c1nc2ccccc2n1CCCCOc1ccc(C(C)C)cc1. The molecule has 3 aromatic rings. The molecule has 0 saturated carbocycles. The fourth-order valence-electron chi connectivity index (χ4n) is 3.78. The van der Waals surface area contributed by atoms with Crippen LogP contribution >= 0.6 is 0 Å². The Bertz CT molecular complexity index is 976. The van der Waals surface area contributed by atoms with Gasteiger partial charge in [0.2, 0.25) is 5.91 Å². The summed E-state index contributed by atoms with van der Waals surface area (Å²) in [6.45, 7) is 9.95. The zero-order valence-corrected chi connectivity index (χ0v) is 19.2. The number of amides is 1. The highest BCUT2D eigenvalue weighted by atomic mass is 16.5. The topological polar surface area (TPSA) is 56.2 Å². The number of fused-ring (bicyclic) bond motifs is 1. The summed E-state index contributed by atoms with van der Waals surface area (Å²) in [5.74, 6) is 2.44. The average molecular weight is 422 g/mol. The second kappa shape index (κ2) is 11.0. The first-order valence-electron chi connectivity index (χ1n) is 11.5. The Morgan fingerprint density at radius 1 is 1.06 bits per heavy atom. The molecule has 0 aliphatic rings. The molecule has 1 aromatic heterocycles. The van der Waals surface area contributed by atoms with Crippen LogP contribution in [0.3, 0.4) is 0 Å². The molecule has 1 N–H and O–H groups in total. The molecule has 0 aliphatic heterocycles. The lowest BCUT2D eigenvalue weighted by molar-refractivity contribution is -0.121. The number of carbonyl (C=O) groups is 1. The lowest BCUT2D eigenvalue weighted by atomic mass is 10.0. The molecule has 5 nitrogen and oxygen atoms in total. The molecule has 1 heterocycles. The highest BCUT2D eigenvalue weighted by Crippen LogP contribution is 2.22. The Hall–Kier alpha value is -2.82. The van der Waals surface area contributed by atoms with Crippen LogP contribution in [0.25, 0.3) is 11.0 Å². The van der Waals surface area contributed by atoms with Crippen LogP contribution in [0.15, 0.2) is 48.5 Å². The number of hydrogen-bond acceptors (Lipinski definition) is 3. The number of ether oxygens (including phenoxy) is 1. The number of aryl methyl sites for hydroxylation is 1. The van der Waals surface area contributed by atoms with Gasteiger partial charge in [-0.2, -0.15) is 0 Å². The molecule has 1 unspecified atom stereocenters. The van der Waals surface area contributed by atoms with E-state index >= 15 is 0 Å². The van der Waals surface area contributed by atoms with Gasteiger partial charge in [-0.25, -0.2) is 4.98 Å². The van der Waals surface area contributed by atoms with Crippen molar-refractivity contribution in [3.63, 3.8) is 0 Å². The van der Waals surface area contributed by atoms with E-state index in [4.69, 9.17) is 9.72 Å². The van der Waals surface area contributed by atoms with E-state index in [1.54, 1.807) is 0 Å². The Labute approximate surface area is 185 Å². The lowest BCUT2D eigenvalue weighted by Gasteiger charge is -2.16. The molecule has 2 aromatic carbocycles. The first-order chi connectivity index (χ1) is 15.0. The summed E-state index contributed by atoms with van der Waals surface area (Å²) >= 11 is 0. The van der Waals surface area contributed by atoms with Crippen LogP contribution in [0.2, 0.25) is 0 Å². The maximum absolute atomic E-state index is 12.1. The van der Waals surface area contributed by atoms with Crippen LogP contribution in [0.1, 0.15) is 76.7 Å². The molecule has 0 saturated heterocycles. The molecule has 0 spiro atoms.